The molecule has 0 saturated carbocycles. The van der Waals surface area contributed by atoms with E-state index in [1.54, 1.807) is 17.8 Å². The van der Waals surface area contributed by atoms with Crippen LogP contribution in [0.2, 0.25) is 15.1 Å². The van der Waals surface area contributed by atoms with Crippen molar-refractivity contribution in [2.75, 3.05) is 12.3 Å². The van der Waals surface area contributed by atoms with Gasteiger partial charge in [0.1, 0.15) is 4.90 Å². The van der Waals surface area contributed by atoms with Crippen LogP contribution in [0.25, 0.3) is 0 Å². The summed E-state index contributed by atoms with van der Waals surface area (Å²) < 4.78 is 26.9. The quantitative estimate of drug-likeness (QED) is 0.663. The molecule has 8 heteroatoms. The average Bonchev–Trinajstić information content (AvgIpc) is 2.49. The first kappa shape index (κ1) is 18.9. The molecule has 0 atom stereocenters. The Labute approximate surface area is 155 Å². The van der Waals surface area contributed by atoms with Crippen molar-refractivity contribution in [1.29, 1.82) is 0 Å². The predicted octanol–water partition coefficient (Wildman–Crippen LogP) is 4.86. The van der Waals surface area contributed by atoms with Crippen LogP contribution in [-0.4, -0.2) is 20.7 Å². The molecule has 0 aromatic heterocycles. The standard InChI is InChI=1S/C15H14Cl3NO2S2/c16-12-3-1-2-11(8-12)10-22-7-6-19-23(20,21)15-9-13(17)4-5-14(15)18/h1-5,8-9,19H,6-7,10H2. The summed E-state index contributed by atoms with van der Waals surface area (Å²) >= 11 is 19.3. The number of sulfonamides is 1. The fourth-order valence-electron chi connectivity index (χ4n) is 1.83. The fraction of sp³-hybridized carbons (Fsp3) is 0.200. The largest absolute Gasteiger partial charge is 0.242 e. The van der Waals surface area contributed by atoms with Crippen LogP contribution in [0.4, 0.5) is 0 Å². The van der Waals surface area contributed by atoms with Gasteiger partial charge in [0.25, 0.3) is 0 Å². The molecule has 2 rings (SSSR count). The normalized spacial score (nSPS) is 11.6. The molecule has 1 N–H and O–H groups in total. The van der Waals surface area contributed by atoms with E-state index in [2.05, 4.69) is 4.72 Å². The van der Waals surface area contributed by atoms with Crippen LogP contribution in [0, 0.1) is 0 Å². The van der Waals surface area contributed by atoms with Crippen molar-refractivity contribution in [3.63, 3.8) is 0 Å². The summed E-state index contributed by atoms with van der Waals surface area (Å²) in [5.74, 6) is 1.39. The van der Waals surface area contributed by atoms with Crippen LogP contribution in [0.3, 0.4) is 0 Å². The third-order valence-corrected chi connectivity index (χ3v) is 6.32. The van der Waals surface area contributed by atoms with Gasteiger partial charge in [-0.05, 0) is 35.9 Å². The van der Waals surface area contributed by atoms with Crippen molar-refractivity contribution < 1.29 is 8.42 Å². The second-order valence-electron chi connectivity index (χ2n) is 4.66. The molecule has 0 aliphatic heterocycles. The van der Waals surface area contributed by atoms with E-state index < -0.39 is 10.0 Å². The molecule has 3 nitrogen and oxygen atoms in total. The minimum absolute atomic E-state index is 0.00786. The maximum Gasteiger partial charge on any atom is 0.242 e. The van der Waals surface area contributed by atoms with Gasteiger partial charge in [-0.3, -0.25) is 0 Å². The summed E-state index contributed by atoms with van der Waals surface area (Å²) in [6, 6.07) is 11.9. The molecule has 0 saturated heterocycles. The zero-order valence-electron chi connectivity index (χ0n) is 11.9. The summed E-state index contributed by atoms with van der Waals surface area (Å²) in [4.78, 5) is -0.00786. The Hall–Kier alpha value is -0.430. The van der Waals surface area contributed by atoms with Crippen molar-refractivity contribution in [2.24, 2.45) is 0 Å². The number of halogens is 3. The zero-order valence-corrected chi connectivity index (χ0v) is 15.8. The van der Waals surface area contributed by atoms with Gasteiger partial charge in [-0.1, -0.05) is 46.9 Å². The monoisotopic (exact) mass is 409 g/mol. The third-order valence-electron chi connectivity index (χ3n) is 2.88. The van der Waals surface area contributed by atoms with Gasteiger partial charge >= 0.3 is 0 Å². The molecule has 0 bridgehead atoms. The van der Waals surface area contributed by atoms with Gasteiger partial charge < -0.3 is 0 Å². The van der Waals surface area contributed by atoms with Gasteiger partial charge in [-0.2, -0.15) is 11.8 Å². The minimum Gasteiger partial charge on any atom is -0.210 e. The lowest BCUT2D eigenvalue weighted by Crippen LogP contribution is -2.26. The number of rotatable bonds is 7. The lowest BCUT2D eigenvalue weighted by Gasteiger charge is -2.09. The van der Waals surface area contributed by atoms with E-state index in [4.69, 9.17) is 34.8 Å². The Kier molecular flexibility index (Phi) is 7.07. The van der Waals surface area contributed by atoms with E-state index in [1.165, 1.54) is 12.1 Å². The van der Waals surface area contributed by atoms with Crippen molar-refractivity contribution in [1.82, 2.24) is 4.72 Å². The van der Waals surface area contributed by atoms with E-state index in [-0.39, 0.29) is 9.92 Å². The highest BCUT2D eigenvalue weighted by molar-refractivity contribution is 7.98. The van der Waals surface area contributed by atoms with Gasteiger partial charge in [-0.25, -0.2) is 13.1 Å². The van der Waals surface area contributed by atoms with Gasteiger partial charge in [0.05, 0.1) is 5.02 Å². The topological polar surface area (TPSA) is 46.2 Å². The molecule has 2 aromatic carbocycles. The second kappa shape index (κ2) is 8.60. The van der Waals surface area contributed by atoms with Gasteiger partial charge in [0.2, 0.25) is 10.0 Å². The molecule has 0 spiro atoms. The van der Waals surface area contributed by atoms with Crippen LogP contribution in [-0.2, 0) is 15.8 Å². The summed E-state index contributed by atoms with van der Waals surface area (Å²) in [7, 11) is -3.67. The molecule has 2 aromatic rings. The van der Waals surface area contributed by atoms with E-state index in [0.717, 1.165) is 11.3 Å². The second-order valence-corrected chi connectivity index (χ2v) is 8.78. The number of hydrogen-bond acceptors (Lipinski definition) is 3. The summed E-state index contributed by atoms with van der Waals surface area (Å²) in [5.41, 5.74) is 1.10. The van der Waals surface area contributed by atoms with Crippen LogP contribution in [0.15, 0.2) is 47.4 Å². The van der Waals surface area contributed by atoms with Crippen molar-refractivity contribution in [3.05, 3.63) is 63.1 Å². The maximum atomic E-state index is 12.2. The van der Waals surface area contributed by atoms with Gasteiger partial charge in [0.15, 0.2) is 0 Å². The minimum atomic E-state index is -3.67. The first-order chi connectivity index (χ1) is 10.9. The average molecular weight is 411 g/mol. The van der Waals surface area contributed by atoms with Crippen LogP contribution in [0.1, 0.15) is 5.56 Å². The first-order valence-corrected chi connectivity index (χ1v) is 10.4. The number of thioether (sulfide) groups is 1. The van der Waals surface area contributed by atoms with Gasteiger partial charge in [-0.15, -0.1) is 0 Å². The van der Waals surface area contributed by atoms with Crippen molar-refractivity contribution in [3.8, 4) is 0 Å². The predicted molar refractivity (Wildman–Crippen MR) is 99.3 cm³/mol. The summed E-state index contributed by atoms with van der Waals surface area (Å²) in [6.07, 6.45) is 0. The summed E-state index contributed by atoms with van der Waals surface area (Å²) in [5, 5.41) is 1.16. The highest BCUT2D eigenvalue weighted by Gasteiger charge is 2.17. The molecule has 0 amide bonds. The fourth-order valence-corrected chi connectivity index (χ4v) is 4.77. The molecule has 23 heavy (non-hydrogen) atoms. The van der Waals surface area contributed by atoms with Crippen molar-refractivity contribution in [2.45, 2.75) is 10.6 Å². The molecular formula is C15H14Cl3NO2S2. The molecule has 0 heterocycles. The van der Waals surface area contributed by atoms with E-state index in [1.807, 2.05) is 24.3 Å². The Morgan fingerprint density at radius 2 is 1.74 bits per heavy atom. The summed E-state index contributed by atoms with van der Waals surface area (Å²) in [6.45, 7) is 0.302. The van der Waals surface area contributed by atoms with Crippen LogP contribution < -0.4 is 4.72 Å². The van der Waals surface area contributed by atoms with Crippen molar-refractivity contribution >= 4 is 56.6 Å². The Morgan fingerprint density at radius 3 is 2.48 bits per heavy atom. The molecule has 0 aliphatic rings. The van der Waals surface area contributed by atoms with Gasteiger partial charge in [0, 0.05) is 28.1 Å². The molecule has 0 radical (unpaired) electrons. The molecule has 0 aliphatic carbocycles. The molecule has 0 fully saturated rings. The molecule has 0 unspecified atom stereocenters. The van der Waals surface area contributed by atoms with E-state index in [9.17, 15) is 8.42 Å². The van der Waals surface area contributed by atoms with Crippen LogP contribution in [0.5, 0.6) is 0 Å². The Balaban J connectivity index is 1.84. The smallest absolute Gasteiger partial charge is 0.210 e. The first-order valence-electron chi connectivity index (χ1n) is 6.65. The Morgan fingerprint density at radius 1 is 1.00 bits per heavy atom. The number of benzene rings is 2. The number of hydrogen-bond donors (Lipinski definition) is 1. The SMILES string of the molecule is O=S(=O)(NCCSCc1cccc(Cl)c1)c1cc(Cl)ccc1Cl. The molecular weight excluding hydrogens is 397 g/mol. The maximum absolute atomic E-state index is 12.2. The lowest BCUT2D eigenvalue weighted by molar-refractivity contribution is 0.584. The van der Waals surface area contributed by atoms with E-state index in [0.29, 0.717) is 22.3 Å². The highest BCUT2D eigenvalue weighted by Crippen LogP contribution is 2.24. The molecule has 124 valence electrons. The van der Waals surface area contributed by atoms with E-state index >= 15 is 0 Å². The Bertz CT molecular complexity index is 782. The lowest BCUT2D eigenvalue weighted by atomic mass is 10.2. The highest BCUT2D eigenvalue weighted by atomic mass is 35.5. The van der Waals surface area contributed by atoms with Crippen LogP contribution >= 0.6 is 46.6 Å². The zero-order chi connectivity index (χ0) is 16.9. The number of nitrogens with one attached hydrogen (secondary N) is 1. The third kappa shape index (κ3) is 5.85.